The van der Waals surface area contributed by atoms with E-state index in [9.17, 15) is 13.2 Å². The van der Waals surface area contributed by atoms with E-state index in [4.69, 9.17) is 4.74 Å². The van der Waals surface area contributed by atoms with Gasteiger partial charge >= 0.3 is 0 Å². The van der Waals surface area contributed by atoms with Gasteiger partial charge < -0.3 is 10.1 Å². The van der Waals surface area contributed by atoms with Crippen molar-refractivity contribution in [2.75, 3.05) is 31.6 Å². The van der Waals surface area contributed by atoms with E-state index >= 15 is 0 Å². The van der Waals surface area contributed by atoms with Gasteiger partial charge in [-0.05, 0) is 24.6 Å². The molecule has 0 aliphatic carbocycles. The highest BCUT2D eigenvalue weighted by atomic mass is 32.2. The average molecular weight is 398 g/mol. The Kier molecular flexibility index (Phi) is 6.23. The number of rotatable bonds is 7. The second kappa shape index (κ2) is 8.43. The molecule has 0 spiro atoms. The van der Waals surface area contributed by atoms with Crippen molar-refractivity contribution in [3.05, 3.63) is 18.2 Å². The van der Waals surface area contributed by atoms with Crippen LogP contribution in [0.15, 0.2) is 23.1 Å². The molecule has 2 aromatic rings. The Morgan fingerprint density at radius 2 is 2.08 bits per heavy atom. The van der Waals surface area contributed by atoms with Crippen LogP contribution >= 0.6 is 11.3 Å². The first kappa shape index (κ1) is 19.2. The number of carbonyl (C=O) groups is 1. The summed E-state index contributed by atoms with van der Waals surface area (Å²) < 4.78 is 32.9. The van der Waals surface area contributed by atoms with Crippen molar-refractivity contribution in [3.63, 3.8) is 0 Å². The summed E-state index contributed by atoms with van der Waals surface area (Å²) in [6.07, 6.45) is 3.42. The van der Waals surface area contributed by atoms with Crippen molar-refractivity contribution in [1.29, 1.82) is 0 Å². The predicted octanol–water partition coefficient (Wildman–Crippen LogP) is 2.84. The molecule has 1 aromatic carbocycles. The second-order valence-electron chi connectivity index (χ2n) is 6.17. The molecule has 1 fully saturated rings. The molecule has 0 bridgehead atoms. The summed E-state index contributed by atoms with van der Waals surface area (Å²) in [5.74, 6) is -0.0568. The number of aromatic nitrogens is 1. The Labute approximate surface area is 157 Å². The molecular formula is C17H23N3O4S2. The highest BCUT2D eigenvalue weighted by Crippen LogP contribution is 2.29. The standard InChI is InChI=1S/C17H23N3O4S2/c1-2-3-4-5-16(21)19-17-18-14-7-6-13(12-15(14)25-17)26(22,23)20-8-10-24-11-9-20/h6-7,12H,2-5,8-11H2,1H3,(H,18,19,21). The molecule has 1 aliphatic heterocycles. The molecule has 26 heavy (non-hydrogen) atoms. The SMILES string of the molecule is CCCCCC(=O)Nc1nc2ccc(S(=O)(=O)N3CCOCC3)cc2s1. The van der Waals surface area contributed by atoms with Gasteiger partial charge in [-0.1, -0.05) is 31.1 Å². The van der Waals surface area contributed by atoms with Gasteiger partial charge in [0.1, 0.15) is 0 Å². The lowest BCUT2D eigenvalue weighted by Crippen LogP contribution is -2.40. The molecule has 1 saturated heterocycles. The zero-order valence-corrected chi connectivity index (χ0v) is 16.4. The summed E-state index contributed by atoms with van der Waals surface area (Å²) in [5.41, 5.74) is 0.680. The largest absolute Gasteiger partial charge is 0.379 e. The van der Waals surface area contributed by atoms with E-state index in [2.05, 4.69) is 17.2 Å². The predicted molar refractivity (Wildman–Crippen MR) is 102 cm³/mol. The Hall–Kier alpha value is -1.55. The maximum Gasteiger partial charge on any atom is 0.243 e. The van der Waals surface area contributed by atoms with Crippen LogP contribution in [0, 0.1) is 0 Å². The number of ether oxygens (including phenoxy) is 1. The number of nitrogens with zero attached hydrogens (tertiary/aromatic N) is 2. The summed E-state index contributed by atoms with van der Waals surface area (Å²) in [5, 5.41) is 3.31. The molecule has 9 heteroatoms. The van der Waals surface area contributed by atoms with Crippen LogP contribution in [-0.2, 0) is 19.6 Å². The van der Waals surface area contributed by atoms with Gasteiger partial charge in [-0.3, -0.25) is 4.79 Å². The number of nitrogens with one attached hydrogen (secondary N) is 1. The summed E-state index contributed by atoms with van der Waals surface area (Å²) in [7, 11) is -3.54. The quantitative estimate of drug-likeness (QED) is 0.726. The molecule has 0 saturated carbocycles. The molecule has 142 valence electrons. The Morgan fingerprint density at radius 1 is 1.31 bits per heavy atom. The van der Waals surface area contributed by atoms with Gasteiger partial charge in [0.2, 0.25) is 15.9 Å². The molecule has 1 amide bonds. The van der Waals surface area contributed by atoms with Crippen LogP contribution in [0.2, 0.25) is 0 Å². The van der Waals surface area contributed by atoms with Crippen LogP contribution in [0.25, 0.3) is 10.2 Å². The van der Waals surface area contributed by atoms with Gasteiger partial charge in [0.15, 0.2) is 5.13 Å². The fraction of sp³-hybridized carbons (Fsp3) is 0.529. The minimum atomic E-state index is -3.54. The fourth-order valence-corrected chi connectivity index (χ4v) is 5.20. The lowest BCUT2D eigenvalue weighted by atomic mass is 10.2. The molecular weight excluding hydrogens is 374 g/mol. The number of unbranched alkanes of at least 4 members (excludes halogenated alkanes) is 2. The van der Waals surface area contributed by atoms with E-state index in [0.717, 1.165) is 24.0 Å². The Bertz CT molecular complexity index is 873. The number of thiazole rings is 1. The highest BCUT2D eigenvalue weighted by Gasteiger charge is 2.26. The first-order valence-electron chi connectivity index (χ1n) is 8.79. The van der Waals surface area contributed by atoms with Crippen molar-refractivity contribution in [2.45, 2.75) is 37.5 Å². The topological polar surface area (TPSA) is 88.6 Å². The molecule has 2 heterocycles. The number of morpholine rings is 1. The van der Waals surface area contributed by atoms with Crippen LogP contribution in [0.1, 0.15) is 32.6 Å². The zero-order chi connectivity index (χ0) is 18.6. The van der Waals surface area contributed by atoms with E-state index in [1.165, 1.54) is 15.6 Å². The summed E-state index contributed by atoms with van der Waals surface area (Å²) in [6.45, 7) is 3.64. The van der Waals surface area contributed by atoms with E-state index in [0.29, 0.717) is 43.4 Å². The first-order valence-corrected chi connectivity index (χ1v) is 11.0. The number of benzene rings is 1. The van der Waals surface area contributed by atoms with Crippen molar-refractivity contribution >= 4 is 42.6 Å². The number of sulfonamides is 1. The normalized spacial score (nSPS) is 16.0. The molecule has 3 rings (SSSR count). The van der Waals surface area contributed by atoms with E-state index < -0.39 is 10.0 Å². The first-order chi connectivity index (χ1) is 12.5. The maximum atomic E-state index is 12.7. The summed E-state index contributed by atoms with van der Waals surface area (Å²) in [6, 6.07) is 4.89. The Morgan fingerprint density at radius 3 is 2.81 bits per heavy atom. The van der Waals surface area contributed by atoms with E-state index in [1.54, 1.807) is 18.2 Å². The van der Waals surface area contributed by atoms with Gasteiger partial charge in [-0.2, -0.15) is 4.31 Å². The molecule has 7 nitrogen and oxygen atoms in total. The van der Waals surface area contributed by atoms with Crippen molar-refractivity contribution in [3.8, 4) is 0 Å². The molecule has 1 aromatic heterocycles. The van der Waals surface area contributed by atoms with Gasteiger partial charge in [0.25, 0.3) is 0 Å². The lowest BCUT2D eigenvalue weighted by Gasteiger charge is -2.25. The zero-order valence-electron chi connectivity index (χ0n) is 14.7. The fourth-order valence-electron chi connectivity index (χ4n) is 2.77. The van der Waals surface area contributed by atoms with Crippen LogP contribution in [0.4, 0.5) is 5.13 Å². The number of hydrogen-bond donors (Lipinski definition) is 1. The Balaban J connectivity index is 1.75. The minimum Gasteiger partial charge on any atom is -0.379 e. The number of hydrogen-bond acceptors (Lipinski definition) is 6. The van der Waals surface area contributed by atoms with Crippen LogP contribution in [-0.4, -0.2) is 49.9 Å². The lowest BCUT2D eigenvalue weighted by molar-refractivity contribution is -0.116. The smallest absolute Gasteiger partial charge is 0.243 e. The third-order valence-electron chi connectivity index (χ3n) is 4.22. The number of amides is 1. The van der Waals surface area contributed by atoms with Crippen molar-refractivity contribution < 1.29 is 17.9 Å². The van der Waals surface area contributed by atoms with Crippen LogP contribution in [0.5, 0.6) is 0 Å². The van der Waals surface area contributed by atoms with E-state index in [1.807, 2.05) is 0 Å². The van der Waals surface area contributed by atoms with E-state index in [-0.39, 0.29) is 10.8 Å². The molecule has 0 atom stereocenters. The highest BCUT2D eigenvalue weighted by molar-refractivity contribution is 7.89. The third kappa shape index (κ3) is 4.40. The number of fused-ring (bicyclic) bond motifs is 1. The van der Waals surface area contributed by atoms with Crippen molar-refractivity contribution in [1.82, 2.24) is 9.29 Å². The number of carbonyl (C=O) groups excluding carboxylic acids is 1. The summed E-state index contributed by atoms with van der Waals surface area (Å²) >= 11 is 1.29. The van der Waals surface area contributed by atoms with Crippen LogP contribution in [0.3, 0.4) is 0 Å². The van der Waals surface area contributed by atoms with Crippen molar-refractivity contribution in [2.24, 2.45) is 0 Å². The van der Waals surface area contributed by atoms with Gasteiger partial charge in [0, 0.05) is 19.5 Å². The van der Waals surface area contributed by atoms with Gasteiger partial charge in [-0.25, -0.2) is 13.4 Å². The third-order valence-corrected chi connectivity index (χ3v) is 7.05. The molecule has 1 N–H and O–H groups in total. The second-order valence-corrected chi connectivity index (χ2v) is 9.14. The van der Waals surface area contributed by atoms with Crippen LogP contribution < -0.4 is 5.32 Å². The monoisotopic (exact) mass is 397 g/mol. The summed E-state index contributed by atoms with van der Waals surface area (Å²) in [4.78, 5) is 16.6. The molecule has 1 aliphatic rings. The van der Waals surface area contributed by atoms with Gasteiger partial charge in [0.05, 0.1) is 28.3 Å². The molecule has 0 unspecified atom stereocenters. The molecule has 0 radical (unpaired) electrons. The van der Waals surface area contributed by atoms with Gasteiger partial charge in [-0.15, -0.1) is 0 Å². The average Bonchev–Trinajstić information content (AvgIpc) is 3.04. The number of anilines is 1. The maximum absolute atomic E-state index is 12.7. The minimum absolute atomic E-state index is 0.0568.